The van der Waals surface area contributed by atoms with Gasteiger partial charge in [-0.15, -0.1) is 0 Å². The van der Waals surface area contributed by atoms with E-state index in [1.54, 1.807) is 0 Å². The van der Waals surface area contributed by atoms with Gasteiger partial charge >= 0.3 is 5.97 Å². The van der Waals surface area contributed by atoms with Crippen LogP contribution in [0.25, 0.3) is 0 Å². The molecule has 0 aromatic rings. The van der Waals surface area contributed by atoms with Crippen LogP contribution in [-0.4, -0.2) is 50.6 Å². The highest BCUT2D eigenvalue weighted by Crippen LogP contribution is 2.18. The lowest BCUT2D eigenvalue weighted by Crippen LogP contribution is -2.46. The number of methoxy groups -OCH3 is 1. The minimum absolute atomic E-state index is 0.0550. The molecule has 0 amide bonds. The number of hydrogen-bond donors (Lipinski definition) is 1. The van der Waals surface area contributed by atoms with E-state index in [0.29, 0.717) is 0 Å². The summed E-state index contributed by atoms with van der Waals surface area (Å²) < 4.78 is 4.80. The molecule has 0 unspecified atom stereocenters. The number of nitrogens with zero attached hydrogens (tertiary/aromatic N) is 2. The van der Waals surface area contributed by atoms with Gasteiger partial charge in [-0.25, -0.2) is 0 Å². The van der Waals surface area contributed by atoms with Crippen molar-refractivity contribution < 1.29 is 9.53 Å². The Morgan fingerprint density at radius 3 is 2.58 bits per heavy atom. The third-order valence-electron chi connectivity index (χ3n) is 3.60. The SMILES string of the molecule is CCCCCNC(=NC)N1CCC(C(=O)OC)CC1. The summed E-state index contributed by atoms with van der Waals surface area (Å²) >= 11 is 0. The summed E-state index contributed by atoms with van der Waals surface area (Å²) in [4.78, 5) is 18.0. The van der Waals surface area contributed by atoms with Crippen molar-refractivity contribution in [3.63, 3.8) is 0 Å². The van der Waals surface area contributed by atoms with Crippen molar-refractivity contribution >= 4 is 11.9 Å². The zero-order chi connectivity index (χ0) is 14.1. The predicted octanol–water partition coefficient (Wildman–Crippen LogP) is 1.64. The number of esters is 1. The lowest BCUT2D eigenvalue weighted by Gasteiger charge is -2.33. The van der Waals surface area contributed by atoms with Crippen molar-refractivity contribution in [1.29, 1.82) is 0 Å². The molecule has 1 saturated heterocycles. The van der Waals surface area contributed by atoms with E-state index in [9.17, 15) is 4.79 Å². The smallest absolute Gasteiger partial charge is 0.308 e. The van der Waals surface area contributed by atoms with E-state index in [1.165, 1.54) is 26.4 Å². The van der Waals surface area contributed by atoms with Gasteiger partial charge in [0.1, 0.15) is 0 Å². The first-order chi connectivity index (χ1) is 9.22. The zero-order valence-electron chi connectivity index (χ0n) is 12.4. The highest BCUT2D eigenvalue weighted by atomic mass is 16.5. The number of unbranched alkanes of at least 4 members (excludes halogenated alkanes) is 2. The zero-order valence-corrected chi connectivity index (χ0v) is 12.4. The number of guanidine groups is 1. The molecule has 0 spiro atoms. The summed E-state index contributed by atoms with van der Waals surface area (Å²) in [5.41, 5.74) is 0. The predicted molar refractivity (Wildman–Crippen MR) is 77.2 cm³/mol. The standard InChI is InChI=1S/C14H27N3O2/c1-4-5-6-9-16-14(15-2)17-10-7-12(8-11-17)13(18)19-3/h12H,4-11H2,1-3H3,(H,15,16). The van der Waals surface area contributed by atoms with Crippen LogP contribution < -0.4 is 5.32 Å². The number of ether oxygens (including phenoxy) is 1. The maximum atomic E-state index is 11.5. The largest absolute Gasteiger partial charge is 0.469 e. The van der Waals surface area contributed by atoms with Gasteiger partial charge in [0.25, 0.3) is 0 Å². The maximum Gasteiger partial charge on any atom is 0.308 e. The van der Waals surface area contributed by atoms with E-state index >= 15 is 0 Å². The van der Waals surface area contributed by atoms with Crippen molar-refractivity contribution in [3.05, 3.63) is 0 Å². The van der Waals surface area contributed by atoms with Gasteiger partial charge in [0.2, 0.25) is 0 Å². The molecule has 110 valence electrons. The molecule has 1 fully saturated rings. The van der Waals surface area contributed by atoms with Gasteiger partial charge < -0.3 is 15.0 Å². The first-order valence-electron chi connectivity index (χ1n) is 7.26. The molecule has 1 rings (SSSR count). The van der Waals surface area contributed by atoms with Gasteiger partial charge in [-0.1, -0.05) is 19.8 Å². The van der Waals surface area contributed by atoms with Crippen LogP contribution in [0.3, 0.4) is 0 Å². The van der Waals surface area contributed by atoms with Crippen molar-refractivity contribution in [2.24, 2.45) is 10.9 Å². The number of carbonyl (C=O) groups is 1. The molecule has 0 bridgehead atoms. The molecular formula is C14H27N3O2. The van der Waals surface area contributed by atoms with Crippen molar-refractivity contribution in [3.8, 4) is 0 Å². The van der Waals surface area contributed by atoms with E-state index in [-0.39, 0.29) is 11.9 Å². The lowest BCUT2D eigenvalue weighted by atomic mass is 9.97. The van der Waals surface area contributed by atoms with Crippen LogP contribution in [-0.2, 0) is 9.53 Å². The molecule has 1 heterocycles. The first-order valence-corrected chi connectivity index (χ1v) is 7.26. The Morgan fingerprint density at radius 2 is 2.05 bits per heavy atom. The third kappa shape index (κ3) is 5.09. The fourth-order valence-corrected chi connectivity index (χ4v) is 2.40. The number of rotatable bonds is 5. The van der Waals surface area contributed by atoms with Gasteiger partial charge in [-0.2, -0.15) is 0 Å². The van der Waals surface area contributed by atoms with Crippen molar-refractivity contribution in [1.82, 2.24) is 10.2 Å². The van der Waals surface area contributed by atoms with E-state index in [1.807, 2.05) is 7.05 Å². The van der Waals surface area contributed by atoms with Crippen LogP contribution >= 0.6 is 0 Å². The molecule has 1 aliphatic rings. The lowest BCUT2D eigenvalue weighted by molar-refractivity contribution is -0.146. The first kappa shape index (κ1) is 15.8. The summed E-state index contributed by atoms with van der Waals surface area (Å²) in [6, 6.07) is 0. The highest BCUT2D eigenvalue weighted by Gasteiger charge is 2.26. The molecule has 5 heteroatoms. The van der Waals surface area contributed by atoms with Gasteiger partial charge in [0, 0.05) is 26.7 Å². The average Bonchev–Trinajstić information content (AvgIpc) is 2.47. The van der Waals surface area contributed by atoms with Crippen LogP contribution in [0.15, 0.2) is 4.99 Å². The molecule has 19 heavy (non-hydrogen) atoms. The Hall–Kier alpha value is -1.26. The topological polar surface area (TPSA) is 53.9 Å². The number of carbonyl (C=O) groups excluding carboxylic acids is 1. The van der Waals surface area contributed by atoms with E-state index in [0.717, 1.165) is 38.4 Å². The van der Waals surface area contributed by atoms with E-state index in [4.69, 9.17) is 4.74 Å². The molecule has 5 nitrogen and oxygen atoms in total. The fourth-order valence-electron chi connectivity index (χ4n) is 2.40. The Kier molecular flexibility index (Phi) is 7.30. The minimum atomic E-state index is -0.0782. The van der Waals surface area contributed by atoms with Crippen molar-refractivity contribution in [2.75, 3.05) is 33.8 Å². The molecular weight excluding hydrogens is 242 g/mol. The molecule has 1 aliphatic heterocycles. The molecule has 0 aliphatic carbocycles. The third-order valence-corrected chi connectivity index (χ3v) is 3.60. The quantitative estimate of drug-likeness (QED) is 0.357. The summed E-state index contributed by atoms with van der Waals surface area (Å²) in [7, 11) is 3.28. The average molecular weight is 269 g/mol. The Morgan fingerprint density at radius 1 is 1.37 bits per heavy atom. The highest BCUT2D eigenvalue weighted by molar-refractivity contribution is 5.80. The summed E-state index contributed by atoms with van der Waals surface area (Å²) in [5, 5.41) is 3.39. The molecule has 0 aromatic heterocycles. The van der Waals surface area contributed by atoms with Gasteiger partial charge in [0.05, 0.1) is 13.0 Å². The normalized spacial score (nSPS) is 17.4. The van der Waals surface area contributed by atoms with Crippen LogP contribution in [0.5, 0.6) is 0 Å². The molecule has 0 atom stereocenters. The van der Waals surface area contributed by atoms with Crippen LogP contribution in [0.4, 0.5) is 0 Å². The van der Waals surface area contributed by atoms with Gasteiger partial charge in [0.15, 0.2) is 5.96 Å². The number of nitrogens with one attached hydrogen (secondary N) is 1. The molecule has 1 N–H and O–H groups in total. The summed E-state index contributed by atoms with van der Waals surface area (Å²) in [5.74, 6) is 0.935. The second kappa shape index (κ2) is 8.77. The number of likely N-dealkylation sites (tertiary alicyclic amines) is 1. The minimum Gasteiger partial charge on any atom is -0.469 e. The Bertz CT molecular complexity index is 297. The second-order valence-corrected chi connectivity index (χ2v) is 4.97. The number of aliphatic imine (C=N–C) groups is 1. The summed E-state index contributed by atoms with van der Waals surface area (Å²) in [6.07, 6.45) is 5.35. The van der Waals surface area contributed by atoms with E-state index < -0.39 is 0 Å². The van der Waals surface area contributed by atoms with Crippen molar-refractivity contribution in [2.45, 2.75) is 39.0 Å². The summed E-state index contributed by atoms with van der Waals surface area (Å²) in [6.45, 7) is 4.91. The molecule has 0 radical (unpaired) electrons. The number of piperidine rings is 1. The molecule has 0 aromatic carbocycles. The van der Waals surface area contributed by atoms with Gasteiger partial charge in [-0.05, 0) is 19.3 Å². The fraction of sp³-hybridized carbons (Fsp3) is 0.857. The van der Waals surface area contributed by atoms with Gasteiger partial charge in [-0.3, -0.25) is 9.79 Å². The van der Waals surface area contributed by atoms with Crippen LogP contribution in [0, 0.1) is 5.92 Å². The Labute approximate surface area is 116 Å². The van der Waals surface area contributed by atoms with E-state index in [2.05, 4.69) is 22.1 Å². The number of hydrogen-bond acceptors (Lipinski definition) is 3. The second-order valence-electron chi connectivity index (χ2n) is 4.97. The maximum absolute atomic E-state index is 11.5. The van der Waals surface area contributed by atoms with Crippen LogP contribution in [0.1, 0.15) is 39.0 Å². The molecule has 0 saturated carbocycles. The monoisotopic (exact) mass is 269 g/mol. The van der Waals surface area contributed by atoms with Crippen LogP contribution in [0.2, 0.25) is 0 Å². The Balaban J connectivity index is 2.33.